The van der Waals surface area contributed by atoms with Gasteiger partial charge in [-0.25, -0.2) is 0 Å². The van der Waals surface area contributed by atoms with E-state index in [0.29, 0.717) is 21.9 Å². The Labute approximate surface area is 110 Å². The molecule has 0 aliphatic rings. The Balaban J connectivity index is 2.39. The van der Waals surface area contributed by atoms with Crippen molar-refractivity contribution in [3.63, 3.8) is 0 Å². The van der Waals surface area contributed by atoms with Crippen LogP contribution in [0.1, 0.15) is 27.6 Å². The maximum absolute atomic E-state index is 12.2. The van der Waals surface area contributed by atoms with Gasteiger partial charge in [0.2, 0.25) is 0 Å². The van der Waals surface area contributed by atoms with Crippen molar-refractivity contribution in [2.45, 2.75) is 12.8 Å². The molecule has 0 bridgehead atoms. The number of benzene rings is 1. The fourth-order valence-corrected chi connectivity index (χ4v) is 1.96. The maximum atomic E-state index is 12.2. The minimum Gasteiger partial charge on any atom is -0.469 e. The van der Waals surface area contributed by atoms with Crippen LogP contribution in [0.3, 0.4) is 0 Å². The summed E-state index contributed by atoms with van der Waals surface area (Å²) in [6, 6.07) is 10.5. The number of ketones is 1. The molecular formula is C14H10ClNO2. The van der Waals surface area contributed by atoms with E-state index in [0.717, 1.165) is 0 Å². The first-order valence-corrected chi connectivity index (χ1v) is 5.74. The van der Waals surface area contributed by atoms with Crippen molar-refractivity contribution in [3.05, 3.63) is 58.5 Å². The molecule has 0 fully saturated rings. The molecule has 2 aromatic rings. The quantitative estimate of drug-likeness (QED) is 0.789. The summed E-state index contributed by atoms with van der Waals surface area (Å²) in [6.45, 7) is 1.74. The van der Waals surface area contributed by atoms with Gasteiger partial charge in [-0.05, 0) is 24.6 Å². The number of nitrogens with zero attached hydrogens (tertiary/aromatic N) is 1. The summed E-state index contributed by atoms with van der Waals surface area (Å²) in [5.41, 5.74) is 0.907. The lowest BCUT2D eigenvalue weighted by Crippen LogP contribution is -2.10. The number of nitriles is 1. The first-order chi connectivity index (χ1) is 8.63. The first kappa shape index (κ1) is 12.4. The highest BCUT2D eigenvalue weighted by atomic mass is 35.5. The molecule has 1 heterocycles. The number of carbonyl (C=O) groups is 1. The monoisotopic (exact) mass is 259 g/mol. The summed E-state index contributed by atoms with van der Waals surface area (Å²) in [5.74, 6) is -0.577. The molecule has 0 amide bonds. The van der Waals surface area contributed by atoms with E-state index in [9.17, 15) is 10.1 Å². The predicted octanol–water partition coefficient (Wildman–Crippen LogP) is 3.73. The summed E-state index contributed by atoms with van der Waals surface area (Å²) in [5, 5.41) is 9.60. The summed E-state index contributed by atoms with van der Waals surface area (Å²) < 4.78 is 5.08. The maximum Gasteiger partial charge on any atom is 0.187 e. The molecule has 0 saturated heterocycles. The van der Waals surface area contributed by atoms with Crippen LogP contribution in [0, 0.1) is 18.3 Å². The number of furan rings is 1. The Morgan fingerprint density at radius 3 is 2.72 bits per heavy atom. The molecule has 18 heavy (non-hydrogen) atoms. The van der Waals surface area contributed by atoms with E-state index in [4.69, 9.17) is 16.0 Å². The normalized spacial score (nSPS) is 11.8. The summed E-state index contributed by atoms with van der Waals surface area (Å²) in [6.07, 6.45) is 1.36. The molecule has 2 rings (SSSR count). The van der Waals surface area contributed by atoms with E-state index >= 15 is 0 Å². The highest BCUT2D eigenvalue weighted by Crippen LogP contribution is 2.27. The second-order valence-corrected chi connectivity index (χ2v) is 4.30. The van der Waals surface area contributed by atoms with Crippen molar-refractivity contribution < 1.29 is 9.21 Å². The lowest BCUT2D eigenvalue weighted by molar-refractivity contribution is 0.0978. The largest absolute Gasteiger partial charge is 0.469 e. The van der Waals surface area contributed by atoms with Crippen LogP contribution in [0.4, 0.5) is 0 Å². The highest BCUT2D eigenvalue weighted by Gasteiger charge is 2.24. The molecule has 0 spiro atoms. The molecule has 4 heteroatoms. The number of aryl methyl sites for hydroxylation is 1. The van der Waals surface area contributed by atoms with E-state index in [1.165, 1.54) is 6.26 Å². The van der Waals surface area contributed by atoms with Gasteiger partial charge in [0, 0.05) is 5.02 Å². The van der Waals surface area contributed by atoms with E-state index in [1.807, 2.05) is 6.07 Å². The molecule has 1 atom stereocenters. The van der Waals surface area contributed by atoms with Crippen LogP contribution in [0.2, 0.25) is 5.02 Å². The number of hydrogen-bond acceptors (Lipinski definition) is 3. The lowest BCUT2D eigenvalue weighted by Gasteiger charge is -2.08. The van der Waals surface area contributed by atoms with Crippen LogP contribution >= 0.6 is 11.6 Å². The van der Waals surface area contributed by atoms with Gasteiger partial charge in [0.25, 0.3) is 0 Å². The Bertz CT molecular complexity index is 625. The summed E-state index contributed by atoms with van der Waals surface area (Å²) in [7, 11) is 0. The molecule has 0 aliphatic carbocycles. The van der Waals surface area contributed by atoms with Crippen molar-refractivity contribution in [2.24, 2.45) is 0 Å². The molecule has 90 valence electrons. The van der Waals surface area contributed by atoms with Gasteiger partial charge in [0.05, 0.1) is 11.6 Å². The van der Waals surface area contributed by atoms with E-state index in [-0.39, 0.29) is 5.78 Å². The third-order valence-corrected chi connectivity index (χ3v) is 2.97. The minimum absolute atomic E-state index is 0.303. The third-order valence-electron chi connectivity index (χ3n) is 2.62. The number of hydrogen-bond donors (Lipinski definition) is 0. The second kappa shape index (κ2) is 5.07. The van der Waals surface area contributed by atoms with Crippen LogP contribution in [-0.2, 0) is 0 Å². The average molecular weight is 260 g/mol. The minimum atomic E-state index is -0.907. The fourth-order valence-electron chi connectivity index (χ4n) is 1.72. The van der Waals surface area contributed by atoms with E-state index < -0.39 is 5.92 Å². The van der Waals surface area contributed by atoms with Gasteiger partial charge in [0.1, 0.15) is 17.9 Å². The number of carbonyl (C=O) groups excluding carboxylic acids is 1. The Morgan fingerprint density at radius 2 is 2.17 bits per heavy atom. The van der Waals surface area contributed by atoms with Gasteiger partial charge >= 0.3 is 0 Å². The molecule has 1 unspecified atom stereocenters. The first-order valence-electron chi connectivity index (χ1n) is 5.37. The van der Waals surface area contributed by atoms with Crippen molar-refractivity contribution in [1.82, 2.24) is 0 Å². The molecule has 0 saturated carbocycles. The van der Waals surface area contributed by atoms with Gasteiger partial charge in [-0.15, -0.1) is 0 Å². The topological polar surface area (TPSA) is 54.0 Å². The van der Waals surface area contributed by atoms with Gasteiger partial charge in [0.15, 0.2) is 5.78 Å². The van der Waals surface area contributed by atoms with Crippen molar-refractivity contribution in [1.29, 1.82) is 5.26 Å². The zero-order valence-corrected chi connectivity index (χ0v) is 10.4. The van der Waals surface area contributed by atoms with Gasteiger partial charge in [-0.1, -0.05) is 29.8 Å². The smallest absolute Gasteiger partial charge is 0.187 e. The summed E-state index contributed by atoms with van der Waals surface area (Å²) >= 11 is 6.01. The fraction of sp³-hybridized carbons (Fsp3) is 0.143. The van der Waals surface area contributed by atoms with Crippen molar-refractivity contribution >= 4 is 17.4 Å². The molecule has 0 radical (unpaired) electrons. The van der Waals surface area contributed by atoms with E-state index in [1.54, 1.807) is 37.3 Å². The molecule has 1 aromatic carbocycles. The van der Waals surface area contributed by atoms with E-state index in [2.05, 4.69) is 0 Å². The predicted molar refractivity (Wildman–Crippen MR) is 67.6 cm³/mol. The van der Waals surface area contributed by atoms with Crippen LogP contribution in [0.25, 0.3) is 0 Å². The van der Waals surface area contributed by atoms with Crippen molar-refractivity contribution in [3.8, 4) is 6.07 Å². The Hall–Kier alpha value is -2.05. The van der Waals surface area contributed by atoms with Gasteiger partial charge < -0.3 is 4.42 Å². The number of rotatable bonds is 3. The molecule has 3 nitrogen and oxygen atoms in total. The van der Waals surface area contributed by atoms with Crippen molar-refractivity contribution in [2.75, 3.05) is 0 Å². The zero-order chi connectivity index (χ0) is 13.1. The average Bonchev–Trinajstić information content (AvgIpc) is 2.79. The van der Waals surface area contributed by atoms with Gasteiger partial charge in [-0.3, -0.25) is 4.79 Å². The third kappa shape index (κ3) is 2.29. The Kier molecular flexibility index (Phi) is 3.50. The van der Waals surface area contributed by atoms with Crippen LogP contribution in [-0.4, -0.2) is 5.78 Å². The Morgan fingerprint density at radius 1 is 1.44 bits per heavy atom. The highest BCUT2D eigenvalue weighted by molar-refractivity contribution is 6.31. The van der Waals surface area contributed by atoms with Crippen LogP contribution in [0.15, 0.2) is 41.0 Å². The molecule has 0 N–H and O–H groups in total. The van der Waals surface area contributed by atoms with Gasteiger partial charge in [-0.2, -0.15) is 5.26 Å². The zero-order valence-electron chi connectivity index (χ0n) is 9.68. The van der Waals surface area contributed by atoms with Crippen LogP contribution in [0.5, 0.6) is 0 Å². The standard InChI is InChI=1S/C14H10ClNO2/c1-9-6-10(8-18-9)14(17)12(7-16)11-4-2-3-5-13(11)15/h2-6,8,12H,1H3. The second-order valence-electron chi connectivity index (χ2n) is 3.89. The lowest BCUT2D eigenvalue weighted by atomic mass is 9.93. The summed E-state index contributed by atoms with van der Waals surface area (Å²) in [4.78, 5) is 12.2. The molecule has 1 aromatic heterocycles. The number of Topliss-reactive ketones (excluding diaryl/α,β-unsaturated/α-hetero) is 1. The SMILES string of the molecule is Cc1cc(C(=O)C(C#N)c2ccccc2Cl)co1. The van der Waals surface area contributed by atoms with Crippen LogP contribution < -0.4 is 0 Å². The number of halogens is 1. The molecule has 0 aliphatic heterocycles. The molecular weight excluding hydrogens is 250 g/mol.